The molecule has 2 heterocycles. The summed E-state index contributed by atoms with van der Waals surface area (Å²) in [6.45, 7) is 3.31. The summed E-state index contributed by atoms with van der Waals surface area (Å²) in [5, 5.41) is 0.569. The first-order valence-corrected chi connectivity index (χ1v) is 9.47. The molecular formula is C20H15BrClN3O2. The molecule has 1 aromatic heterocycles. The average Bonchev–Trinajstić information content (AvgIpc) is 2.94. The van der Waals surface area contributed by atoms with Gasteiger partial charge in [0.2, 0.25) is 0 Å². The molecule has 4 rings (SSSR count). The van der Waals surface area contributed by atoms with Gasteiger partial charge in [0.15, 0.2) is 5.82 Å². The van der Waals surface area contributed by atoms with E-state index in [1.807, 2.05) is 54.0 Å². The second-order valence-corrected chi connectivity index (χ2v) is 7.50. The van der Waals surface area contributed by atoms with Gasteiger partial charge in [0, 0.05) is 39.4 Å². The van der Waals surface area contributed by atoms with Gasteiger partial charge in [-0.25, -0.2) is 9.98 Å². The molecule has 5 nitrogen and oxygen atoms in total. The van der Waals surface area contributed by atoms with Gasteiger partial charge in [0.1, 0.15) is 0 Å². The van der Waals surface area contributed by atoms with E-state index in [2.05, 4.69) is 20.9 Å². The fourth-order valence-corrected chi connectivity index (χ4v) is 3.77. The molecule has 1 aliphatic rings. The number of aryl methyl sites for hydroxylation is 1. The minimum absolute atomic E-state index is 0.429. The minimum atomic E-state index is -0.867. The van der Waals surface area contributed by atoms with E-state index in [9.17, 15) is 4.79 Å². The summed E-state index contributed by atoms with van der Waals surface area (Å²) in [6, 6.07) is 13.4. The highest BCUT2D eigenvalue weighted by Crippen LogP contribution is 2.34. The summed E-state index contributed by atoms with van der Waals surface area (Å²) in [7, 11) is 0. The number of aromatic nitrogens is 2. The summed E-state index contributed by atoms with van der Waals surface area (Å²) in [6.07, 6.45) is 0.877. The van der Waals surface area contributed by atoms with Gasteiger partial charge in [-0.1, -0.05) is 45.7 Å². The number of carbonyl (C=O) groups is 1. The Morgan fingerprint density at radius 2 is 2.00 bits per heavy atom. The molecule has 2 aromatic carbocycles. The predicted octanol–water partition coefficient (Wildman–Crippen LogP) is 5.01. The van der Waals surface area contributed by atoms with E-state index in [0.29, 0.717) is 16.6 Å². The van der Waals surface area contributed by atoms with Crippen LogP contribution in [-0.2, 0) is 9.53 Å². The largest absolute Gasteiger partial charge is 0.432 e. The molecule has 0 bridgehead atoms. The molecule has 1 atom stereocenters. The van der Waals surface area contributed by atoms with Crippen LogP contribution in [0.4, 0.5) is 0 Å². The van der Waals surface area contributed by atoms with Gasteiger partial charge in [-0.15, -0.1) is 0 Å². The lowest BCUT2D eigenvalue weighted by Crippen LogP contribution is -2.12. The summed E-state index contributed by atoms with van der Waals surface area (Å²) < 4.78 is 8.37. The fraction of sp³-hybridized carbons (Fsp3) is 0.150. The van der Waals surface area contributed by atoms with Crippen LogP contribution in [0.15, 0.2) is 58.1 Å². The maximum atomic E-state index is 11.7. The normalized spacial score (nSPS) is 15.4. The standard InChI is InChI=1S/C20H15BrClN3O2/c1-11-10-23-19-20(27-12(2)26)24-18(14-5-3-4-6-16(14)22)15-9-13(21)7-8-17(15)25(11)19/h3-10,20H,1-2H3. The number of benzene rings is 2. The summed E-state index contributed by atoms with van der Waals surface area (Å²) in [5.74, 6) is 0.120. The van der Waals surface area contributed by atoms with Crippen LogP contribution in [0.2, 0.25) is 5.02 Å². The van der Waals surface area contributed by atoms with Gasteiger partial charge in [-0.05, 0) is 31.2 Å². The van der Waals surface area contributed by atoms with Gasteiger partial charge in [-0.3, -0.25) is 9.36 Å². The van der Waals surface area contributed by atoms with Crippen molar-refractivity contribution in [3.63, 3.8) is 0 Å². The second kappa shape index (κ2) is 6.94. The predicted molar refractivity (Wildman–Crippen MR) is 108 cm³/mol. The Morgan fingerprint density at radius 1 is 1.22 bits per heavy atom. The molecule has 3 aromatic rings. The molecule has 1 unspecified atom stereocenters. The molecule has 0 radical (unpaired) electrons. The van der Waals surface area contributed by atoms with Crippen molar-refractivity contribution in [2.24, 2.45) is 4.99 Å². The second-order valence-electron chi connectivity index (χ2n) is 6.17. The van der Waals surface area contributed by atoms with E-state index < -0.39 is 12.2 Å². The van der Waals surface area contributed by atoms with Crippen molar-refractivity contribution in [3.05, 3.63) is 80.8 Å². The quantitative estimate of drug-likeness (QED) is 0.522. The van der Waals surface area contributed by atoms with Crippen molar-refractivity contribution in [2.45, 2.75) is 20.1 Å². The third-order valence-electron chi connectivity index (χ3n) is 4.29. The van der Waals surface area contributed by atoms with Crippen LogP contribution in [0.25, 0.3) is 5.69 Å². The Bertz CT molecular complexity index is 1090. The number of hydrogen-bond acceptors (Lipinski definition) is 4. The lowest BCUT2D eigenvalue weighted by molar-refractivity contribution is -0.146. The molecule has 0 aliphatic carbocycles. The van der Waals surface area contributed by atoms with Gasteiger partial charge in [-0.2, -0.15) is 0 Å². The van der Waals surface area contributed by atoms with Crippen molar-refractivity contribution in [1.29, 1.82) is 0 Å². The first-order chi connectivity index (χ1) is 13.0. The van der Waals surface area contributed by atoms with E-state index >= 15 is 0 Å². The van der Waals surface area contributed by atoms with Crippen LogP contribution in [-0.4, -0.2) is 21.2 Å². The number of rotatable bonds is 2. The fourth-order valence-electron chi connectivity index (χ4n) is 3.18. The van der Waals surface area contributed by atoms with E-state index in [1.165, 1.54) is 6.92 Å². The van der Waals surface area contributed by atoms with Gasteiger partial charge in [0.25, 0.3) is 6.23 Å². The zero-order chi connectivity index (χ0) is 19.1. The lowest BCUT2D eigenvalue weighted by Gasteiger charge is -2.14. The van der Waals surface area contributed by atoms with Crippen molar-refractivity contribution < 1.29 is 9.53 Å². The van der Waals surface area contributed by atoms with Crippen LogP contribution in [0.5, 0.6) is 0 Å². The highest BCUT2D eigenvalue weighted by atomic mass is 79.9. The third kappa shape index (κ3) is 3.19. The number of halogens is 2. The molecule has 0 amide bonds. The lowest BCUT2D eigenvalue weighted by atomic mass is 10.0. The van der Waals surface area contributed by atoms with Crippen LogP contribution < -0.4 is 0 Å². The van der Waals surface area contributed by atoms with E-state index in [4.69, 9.17) is 21.3 Å². The number of fused-ring (bicyclic) bond motifs is 3. The molecule has 0 fully saturated rings. The number of esters is 1. The number of ether oxygens (including phenoxy) is 1. The molecule has 0 saturated heterocycles. The number of aliphatic imine (C=N–C) groups is 1. The molecule has 136 valence electrons. The van der Waals surface area contributed by atoms with Crippen LogP contribution in [0.1, 0.15) is 35.8 Å². The number of carbonyl (C=O) groups excluding carboxylic acids is 1. The van der Waals surface area contributed by atoms with E-state index in [-0.39, 0.29) is 0 Å². The van der Waals surface area contributed by atoms with E-state index in [0.717, 1.165) is 27.0 Å². The Morgan fingerprint density at radius 3 is 2.74 bits per heavy atom. The smallest absolute Gasteiger partial charge is 0.304 e. The maximum Gasteiger partial charge on any atom is 0.304 e. The zero-order valence-corrected chi connectivity index (χ0v) is 17.0. The van der Waals surface area contributed by atoms with Crippen LogP contribution in [0, 0.1) is 6.92 Å². The highest BCUT2D eigenvalue weighted by molar-refractivity contribution is 9.10. The highest BCUT2D eigenvalue weighted by Gasteiger charge is 2.29. The number of imidazole rings is 1. The third-order valence-corrected chi connectivity index (χ3v) is 5.12. The van der Waals surface area contributed by atoms with E-state index in [1.54, 1.807) is 6.20 Å². The minimum Gasteiger partial charge on any atom is -0.432 e. The molecule has 1 aliphatic heterocycles. The number of nitrogens with zero attached hydrogens (tertiary/aromatic N) is 3. The monoisotopic (exact) mass is 443 g/mol. The van der Waals surface area contributed by atoms with Crippen LogP contribution >= 0.6 is 27.5 Å². The SMILES string of the molecule is CC(=O)OC1N=C(c2ccccc2Cl)c2cc(Br)ccc2-n2c(C)cnc21. The Hall–Kier alpha value is -2.44. The zero-order valence-electron chi connectivity index (χ0n) is 14.6. The Balaban J connectivity index is 2.06. The molecule has 0 saturated carbocycles. The molecule has 27 heavy (non-hydrogen) atoms. The first-order valence-electron chi connectivity index (χ1n) is 8.30. The number of hydrogen-bond donors (Lipinski definition) is 0. The molecular weight excluding hydrogens is 430 g/mol. The van der Waals surface area contributed by atoms with Gasteiger partial charge >= 0.3 is 5.97 Å². The van der Waals surface area contributed by atoms with Crippen molar-refractivity contribution in [3.8, 4) is 5.69 Å². The summed E-state index contributed by atoms with van der Waals surface area (Å²) in [5.41, 5.74) is 4.10. The summed E-state index contributed by atoms with van der Waals surface area (Å²) >= 11 is 10.0. The molecule has 7 heteroatoms. The van der Waals surface area contributed by atoms with Gasteiger partial charge < -0.3 is 4.74 Å². The van der Waals surface area contributed by atoms with Crippen molar-refractivity contribution >= 4 is 39.2 Å². The topological polar surface area (TPSA) is 56.5 Å². The average molecular weight is 445 g/mol. The van der Waals surface area contributed by atoms with Crippen molar-refractivity contribution in [2.75, 3.05) is 0 Å². The molecule has 0 spiro atoms. The molecule has 0 N–H and O–H groups in total. The van der Waals surface area contributed by atoms with Crippen molar-refractivity contribution in [1.82, 2.24) is 9.55 Å². The Kier molecular flexibility index (Phi) is 4.61. The summed E-state index contributed by atoms with van der Waals surface area (Å²) in [4.78, 5) is 20.9. The van der Waals surface area contributed by atoms with Crippen LogP contribution in [0.3, 0.4) is 0 Å². The first kappa shape index (κ1) is 17.9. The van der Waals surface area contributed by atoms with Gasteiger partial charge in [0.05, 0.1) is 11.4 Å². The Labute approximate surface area is 169 Å². The maximum absolute atomic E-state index is 11.7.